The number of hydrogen-bond acceptors (Lipinski definition) is 8. The van der Waals surface area contributed by atoms with Gasteiger partial charge in [-0.2, -0.15) is 4.68 Å². The van der Waals surface area contributed by atoms with E-state index in [0.29, 0.717) is 26.6 Å². The number of benzene rings is 2. The number of para-hydroxylation sites is 1. The summed E-state index contributed by atoms with van der Waals surface area (Å²) in [6.45, 7) is 0. The molecule has 0 saturated carbocycles. The normalized spacial score (nSPS) is 10.8. The van der Waals surface area contributed by atoms with Gasteiger partial charge in [0, 0.05) is 10.6 Å². The fourth-order valence-electron chi connectivity index (χ4n) is 2.26. The van der Waals surface area contributed by atoms with Crippen LogP contribution in [-0.2, 0) is 5.75 Å². The first-order chi connectivity index (χ1) is 13.7. The van der Waals surface area contributed by atoms with Crippen molar-refractivity contribution in [2.24, 2.45) is 0 Å². The van der Waals surface area contributed by atoms with E-state index in [9.17, 15) is 4.79 Å². The summed E-state index contributed by atoms with van der Waals surface area (Å²) in [6.07, 6.45) is 0. The van der Waals surface area contributed by atoms with Crippen molar-refractivity contribution in [3.63, 3.8) is 0 Å². The van der Waals surface area contributed by atoms with E-state index in [1.807, 2.05) is 30.3 Å². The third-order valence-corrected chi connectivity index (χ3v) is 5.76. The molecule has 0 aliphatic heterocycles. The number of thioether (sulfide) groups is 1. The monoisotopic (exact) mass is 429 g/mol. The van der Waals surface area contributed by atoms with Crippen molar-refractivity contribution in [3.05, 3.63) is 70.2 Å². The summed E-state index contributed by atoms with van der Waals surface area (Å²) in [5.41, 5.74) is 1.38. The van der Waals surface area contributed by atoms with Gasteiger partial charge in [-0.25, -0.2) is 0 Å². The second kappa shape index (κ2) is 8.46. The van der Waals surface area contributed by atoms with E-state index in [2.05, 4.69) is 31.0 Å². The van der Waals surface area contributed by atoms with Crippen LogP contribution in [0.1, 0.15) is 15.4 Å². The maximum absolute atomic E-state index is 12.2. The molecule has 2 aromatic heterocycles. The second-order valence-electron chi connectivity index (χ2n) is 5.46. The lowest BCUT2D eigenvalue weighted by atomic mass is 10.2. The van der Waals surface area contributed by atoms with Gasteiger partial charge in [0.1, 0.15) is 5.01 Å². The summed E-state index contributed by atoms with van der Waals surface area (Å²) in [5.74, 6) is 0.266. The van der Waals surface area contributed by atoms with Gasteiger partial charge in [0.2, 0.25) is 10.3 Å². The maximum atomic E-state index is 12.2. The van der Waals surface area contributed by atoms with Crippen LogP contribution in [0.5, 0.6) is 0 Å². The summed E-state index contributed by atoms with van der Waals surface area (Å²) in [5, 5.41) is 25.1. The van der Waals surface area contributed by atoms with Crippen molar-refractivity contribution >= 4 is 45.7 Å². The van der Waals surface area contributed by atoms with Crippen LogP contribution in [0.4, 0.5) is 5.13 Å². The molecule has 0 aliphatic carbocycles. The third kappa shape index (κ3) is 4.35. The lowest BCUT2D eigenvalue weighted by molar-refractivity contribution is 0.102. The van der Waals surface area contributed by atoms with Crippen molar-refractivity contribution in [1.82, 2.24) is 30.4 Å². The van der Waals surface area contributed by atoms with Gasteiger partial charge < -0.3 is 0 Å². The number of aromatic nitrogens is 6. The molecule has 0 saturated heterocycles. The summed E-state index contributed by atoms with van der Waals surface area (Å²) in [7, 11) is 0. The minimum absolute atomic E-state index is 0.264. The van der Waals surface area contributed by atoms with Gasteiger partial charge in [-0.05, 0) is 46.8 Å². The lowest BCUT2D eigenvalue weighted by Crippen LogP contribution is -2.11. The standard InChI is InChI=1S/C17H12ClN7OS2/c18-12-8-6-11(7-9-12)15(26)19-16-21-20-14(28-16)10-27-17-22-23-24-25(17)13-4-2-1-3-5-13/h1-9H,10H2,(H,19,21,26). The predicted molar refractivity (Wildman–Crippen MR) is 108 cm³/mol. The average molecular weight is 430 g/mol. The van der Waals surface area contributed by atoms with Gasteiger partial charge in [-0.15, -0.1) is 15.3 Å². The Labute approximate surface area is 173 Å². The zero-order chi connectivity index (χ0) is 19.3. The van der Waals surface area contributed by atoms with Gasteiger partial charge in [0.15, 0.2) is 0 Å². The highest BCUT2D eigenvalue weighted by Crippen LogP contribution is 2.26. The van der Waals surface area contributed by atoms with Crippen LogP contribution < -0.4 is 5.32 Å². The van der Waals surface area contributed by atoms with Crippen molar-refractivity contribution in [3.8, 4) is 5.69 Å². The largest absolute Gasteiger partial charge is 0.296 e. The molecule has 2 aromatic carbocycles. The molecule has 8 nitrogen and oxygen atoms in total. The highest BCUT2D eigenvalue weighted by Gasteiger charge is 2.13. The van der Waals surface area contributed by atoms with Gasteiger partial charge >= 0.3 is 0 Å². The van der Waals surface area contributed by atoms with Crippen LogP contribution in [0.25, 0.3) is 5.69 Å². The van der Waals surface area contributed by atoms with E-state index in [4.69, 9.17) is 11.6 Å². The number of hydrogen-bond donors (Lipinski definition) is 1. The van der Waals surface area contributed by atoms with E-state index < -0.39 is 0 Å². The molecule has 0 unspecified atom stereocenters. The number of nitrogens with one attached hydrogen (secondary N) is 1. The van der Waals surface area contributed by atoms with E-state index in [-0.39, 0.29) is 5.91 Å². The Kier molecular flexibility index (Phi) is 5.60. The van der Waals surface area contributed by atoms with Gasteiger partial charge in [-0.1, -0.05) is 52.9 Å². The van der Waals surface area contributed by atoms with E-state index >= 15 is 0 Å². The van der Waals surface area contributed by atoms with E-state index in [1.54, 1.807) is 28.9 Å². The molecule has 4 aromatic rings. The zero-order valence-electron chi connectivity index (χ0n) is 14.2. The summed E-state index contributed by atoms with van der Waals surface area (Å²) >= 11 is 8.58. The molecular formula is C17H12ClN7OS2. The quantitative estimate of drug-likeness (QED) is 0.466. The molecular weight excluding hydrogens is 418 g/mol. The SMILES string of the molecule is O=C(Nc1nnc(CSc2nnnn2-c2ccccc2)s1)c1ccc(Cl)cc1. The van der Waals surface area contributed by atoms with Gasteiger partial charge in [0.05, 0.1) is 11.4 Å². The molecule has 0 bridgehead atoms. The molecule has 4 rings (SSSR count). The molecule has 2 heterocycles. The Balaban J connectivity index is 1.39. The Morgan fingerprint density at radius 3 is 2.64 bits per heavy atom. The molecule has 28 heavy (non-hydrogen) atoms. The minimum Gasteiger partial charge on any atom is -0.296 e. The highest BCUT2D eigenvalue weighted by atomic mass is 35.5. The Bertz CT molecular complexity index is 1080. The molecule has 0 atom stereocenters. The summed E-state index contributed by atoms with van der Waals surface area (Å²) in [4.78, 5) is 12.2. The Morgan fingerprint density at radius 1 is 1.07 bits per heavy atom. The third-order valence-electron chi connectivity index (χ3n) is 3.56. The van der Waals surface area contributed by atoms with Crippen molar-refractivity contribution in [2.45, 2.75) is 10.9 Å². The van der Waals surface area contributed by atoms with Crippen LogP contribution in [0.15, 0.2) is 59.8 Å². The smallest absolute Gasteiger partial charge is 0.257 e. The number of amides is 1. The second-order valence-corrected chi connectivity index (χ2v) is 7.90. The number of carbonyl (C=O) groups is 1. The van der Waals surface area contributed by atoms with E-state index in [1.165, 1.54) is 23.1 Å². The molecule has 140 valence electrons. The van der Waals surface area contributed by atoms with Gasteiger partial charge in [-0.3, -0.25) is 10.1 Å². The van der Waals surface area contributed by atoms with Gasteiger partial charge in [0.25, 0.3) is 5.91 Å². The van der Waals surface area contributed by atoms with Crippen LogP contribution in [0.2, 0.25) is 5.02 Å². The number of halogens is 1. The number of tetrazole rings is 1. The topological polar surface area (TPSA) is 98.5 Å². The summed E-state index contributed by atoms with van der Waals surface area (Å²) < 4.78 is 1.66. The lowest BCUT2D eigenvalue weighted by Gasteiger charge is -2.02. The van der Waals surface area contributed by atoms with Crippen molar-refractivity contribution < 1.29 is 4.79 Å². The minimum atomic E-state index is -0.264. The number of carbonyl (C=O) groups excluding carboxylic acids is 1. The fourth-order valence-corrected chi connectivity index (χ4v) is 4.00. The average Bonchev–Trinajstić information content (AvgIpc) is 3.37. The zero-order valence-corrected chi connectivity index (χ0v) is 16.6. The Hall–Kier alpha value is -2.82. The maximum Gasteiger partial charge on any atom is 0.257 e. The van der Waals surface area contributed by atoms with Crippen LogP contribution >= 0.6 is 34.7 Å². The fraction of sp³-hybridized carbons (Fsp3) is 0.0588. The molecule has 0 spiro atoms. The first-order valence-electron chi connectivity index (χ1n) is 8.05. The van der Waals surface area contributed by atoms with Crippen LogP contribution in [-0.4, -0.2) is 36.3 Å². The molecule has 1 amide bonds. The first kappa shape index (κ1) is 18.5. The molecule has 0 fully saturated rings. The number of rotatable bonds is 6. The van der Waals surface area contributed by atoms with Crippen molar-refractivity contribution in [1.29, 1.82) is 0 Å². The molecule has 1 N–H and O–H groups in total. The van der Waals surface area contributed by atoms with E-state index in [0.717, 1.165) is 10.7 Å². The number of nitrogens with zero attached hydrogens (tertiary/aromatic N) is 6. The molecule has 11 heteroatoms. The highest BCUT2D eigenvalue weighted by molar-refractivity contribution is 7.98. The number of anilines is 1. The first-order valence-corrected chi connectivity index (χ1v) is 10.2. The molecule has 0 aliphatic rings. The van der Waals surface area contributed by atoms with Crippen LogP contribution in [0.3, 0.4) is 0 Å². The predicted octanol–water partition coefficient (Wildman–Crippen LogP) is 3.71. The summed E-state index contributed by atoms with van der Waals surface area (Å²) in [6, 6.07) is 16.3. The van der Waals surface area contributed by atoms with Crippen LogP contribution in [0, 0.1) is 0 Å². The van der Waals surface area contributed by atoms with Crippen molar-refractivity contribution in [2.75, 3.05) is 5.32 Å². The Morgan fingerprint density at radius 2 is 1.86 bits per heavy atom. The molecule has 0 radical (unpaired) electrons.